The fourth-order valence-electron chi connectivity index (χ4n) is 2.96. The van der Waals surface area contributed by atoms with E-state index in [9.17, 15) is 4.79 Å². The van der Waals surface area contributed by atoms with Crippen LogP contribution in [-0.4, -0.2) is 59.3 Å². The molecule has 1 fully saturated rings. The average molecular weight is 319 g/mol. The van der Waals surface area contributed by atoms with Crippen molar-refractivity contribution in [1.82, 2.24) is 14.9 Å². The largest absolute Gasteiger partial charge is 0.444 e. The zero-order valence-corrected chi connectivity index (χ0v) is 14.1. The minimum atomic E-state index is -0.453. The molecule has 0 aromatic carbocycles. The second-order valence-corrected chi connectivity index (χ2v) is 7.01. The van der Waals surface area contributed by atoms with Gasteiger partial charge in [-0.15, -0.1) is 0 Å². The van der Waals surface area contributed by atoms with Gasteiger partial charge in [0.15, 0.2) is 0 Å². The first kappa shape index (κ1) is 15.8. The molecule has 1 aromatic rings. The lowest BCUT2D eigenvalue weighted by atomic mass is 10.1. The van der Waals surface area contributed by atoms with Crippen molar-refractivity contribution in [3.63, 3.8) is 0 Å². The van der Waals surface area contributed by atoms with Gasteiger partial charge in [-0.2, -0.15) is 0 Å². The first-order chi connectivity index (χ1) is 10.9. The van der Waals surface area contributed by atoms with E-state index in [0.717, 1.165) is 44.1 Å². The molecule has 1 aromatic heterocycles. The number of carbonyl (C=O) groups is 1. The predicted molar refractivity (Wildman–Crippen MR) is 88.9 cm³/mol. The predicted octanol–water partition coefficient (Wildman–Crippen LogP) is 1.89. The summed E-state index contributed by atoms with van der Waals surface area (Å²) in [5.74, 6) is 1.96. The molecule has 0 unspecified atom stereocenters. The monoisotopic (exact) mass is 319 g/mol. The highest BCUT2D eigenvalue weighted by Crippen LogP contribution is 2.28. The highest BCUT2D eigenvalue weighted by molar-refractivity contribution is 5.69. The van der Waals surface area contributed by atoms with Gasteiger partial charge >= 0.3 is 6.09 Å². The number of nitrogens with one attached hydrogen (secondary N) is 1. The Balaban J connectivity index is 1.65. The third-order valence-electron chi connectivity index (χ3n) is 4.05. The van der Waals surface area contributed by atoms with Crippen molar-refractivity contribution in [1.29, 1.82) is 0 Å². The molecule has 0 saturated carbocycles. The molecular formula is C16H25N5O2. The summed E-state index contributed by atoms with van der Waals surface area (Å²) in [4.78, 5) is 25.0. The Kier molecular flexibility index (Phi) is 4.28. The molecule has 0 aliphatic carbocycles. The highest BCUT2D eigenvalue weighted by Gasteiger charge is 2.28. The number of amides is 1. The minimum absolute atomic E-state index is 0.233. The first-order valence-corrected chi connectivity index (χ1v) is 8.25. The second kappa shape index (κ2) is 6.22. The molecule has 3 rings (SSSR count). The fourth-order valence-corrected chi connectivity index (χ4v) is 2.96. The summed E-state index contributed by atoms with van der Waals surface area (Å²) < 4.78 is 5.44. The molecule has 1 saturated heterocycles. The van der Waals surface area contributed by atoms with Gasteiger partial charge in [0.2, 0.25) is 0 Å². The maximum Gasteiger partial charge on any atom is 0.410 e. The second-order valence-electron chi connectivity index (χ2n) is 7.01. The number of carbonyl (C=O) groups excluding carboxylic acids is 1. The van der Waals surface area contributed by atoms with Crippen LogP contribution in [0, 0.1) is 0 Å². The summed E-state index contributed by atoms with van der Waals surface area (Å²) in [7, 11) is 0. The van der Waals surface area contributed by atoms with E-state index in [1.165, 1.54) is 5.56 Å². The zero-order chi connectivity index (χ0) is 16.4. The van der Waals surface area contributed by atoms with Crippen LogP contribution >= 0.6 is 0 Å². The molecular weight excluding hydrogens is 294 g/mol. The smallest absolute Gasteiger partial charge is 0.410 e. The van der Waals surface area contributed by atoms with Crippen LogP contribution in [0.2, 0.25) is 0 Å². The first-order valence-electron chi connectivity index (χ1n) is 8.25. The molecule has 2 aliphatic heterocycles. The molecule has 1 N–H and O–H groups in total. The van der Waals surface area contributed by atoms with Gasteiger partial charge in [-0.05, 0) is 33.6 Å². The van der Waals surface area contributed by atoms with Crippen LogP contribution in [0.5, 0.6) is 0 Å². The number of piperazine rings is 1. The summed E-state index contributed by atoms with van der Waals surface area (Å²) in [6.45, 7) is 9.48. The van der Waals surface area contributed by atoms with Gasteiger partial charge in [0.25, 0.3) is 0 Å². The molecule has 126 valence electrons. The van der Waals surface area contributed by atoms with Crippen molar-refractivity contribution in [2.75, 3.05) is 42.9 Å². The van der Waals surface area contributed by atoms with Crippen LogP contribution in [0.4, 0.5) is 16.4 Å². The van der Waals surface area contributed by atoms with Crippen LogP contribution < -0.4 is 10.2 Å². The topological polar surface area (TPSA) is 70.6 Å². The minimum Gasteiger partial charge on any atom is -0.444 e. The lowest BCUT2D eigenvalue weighted by Crippen LogP contribution is -2.50. The van der Waals surface area contributed by atoms with E-state index < -0.39 is 5.60 Å². The molecule has 0 bridgehead atoms. The van der Waals surface area contributed by atoms with Crippen molar-refractivity contribution in [3.05, 3.63) is 11.9 Å². The third kappa shape index (κ3) is 3.65. The van der Waals surface area contributed by atoms with Gasteiger partial charge in [0.05, 0.1) is 0 Å². The quantitative estimate of drug-likeness (QED) is 0.852. The molecule has 0 radical (unpaired) electrons. The standard InChI is InChI=1S/C16H25N5O2/c1-16(2,3)23-15(22)21-9-7-20(8-10-21)14-12-5-4-6-17-13(12)18-11-19-14/h11H,4-10H2,1-3H3,(H,17,18,19). The van der Waals surface area contributed by atoms with E-state index in [1.807, 2.05) is 20.8 Å². The number of nitrogens with zero attached hydrogens (tertiary/aromatic N) is 4. The summed E-state index contributed by atoms with van der Waals surface area (Å²) >= 11 is 0. The maximum absolute atomic E-state index is 12.1. The Morgan fingerprint density at radius 1 is 1.22 bits per heavy atom. The Hall–Kier alpha value is -2.05. The number of anilines is 2. The SMILES string of the molecule is CC(C)(C)OC(=O)N1CCN(c2ncnc3c2CCCN3)CC1. The normalized spacial score (nSPS) is 18.2. The van der Waals surface area contributed by atoms with Crippen molar-refractivity contribution in [2.24, 2.45) is 0 Å². The Bertz CT molecular complexity index is 576. The van der Waals surface area contributed by atoms with Crippen LogP contribution in [-0.2, 0) is 11.2 Å². The van der Waals surface area contributed by atoms with Crippen molar-refractivity contribution in [3.8, 4) is 0 Å². The summed E-state index contributed by atoms with van der Waals surface area (Å²) in [5.41, 5.74) is 0.746. The van der Waals surface area contributed by atoms with Crippen LogP contribution in [0.15, 0.2) is 6.33 Å². The third-order valence-corrected chi connectivity index (χ3v) is 4.05. The van der Waals surface area contributed by atoms with Crippen molar-refractivity contribution < 1.29 is 9.53 Å². The van der Waals surface area contributed by atoms with Gasteiger partial charge in [-0.1, -0.05) is 0 Å². The maximum atomic E-state index is 12.1. The highest BCUT2D eigenvalue weighted by atomic mass is 16.6. The molecule has 0 atom stereocenters. The van der Waals surface area contributed by atoms with Gasteiger partial charge < -0.3 is 19.9 Å². The molecule has 23 heavy (non-hydrogen) atoms. The van der Waals surface area contributed by atoms with Gasteiger partial charge in [0, 0.05) is 38.3 Å². The number of hydrogen-bond acceptors (Lipinski definition) is 6. The van der Waals surface area contributed by atoms with E-state index in [4.69, 9.17) is 4.74 Å². The van der Waals surface area contributed by atoms with Crippen LogP contribution in [0.25, 0.3) is 0 Å². The molecule has 7 nitrogen and oxygen atoms in total. The van der Waals surface area contributed by atoms with Gasteiger partial charge in [-0.25, -0.2) is 14.8 Å². The number of fused-ring (bicyclic) bond motifs is 1. The van der Waals surface area contributed by atoms with Crippen molar-refractivity contribution in [2.45, 2.75) is 39.2 Å². The average Bonchev–Trinajstić information content (AvgIpc) is 2.53. The Morgan fingerprint density at radius 2 is 1.96 bits per heavy atom. The summed E-state index contributed by atoms with van der Waals surface area (Å²) in [6.07, 6.45) is 3.49. The molecule has 2 aliphatic rings. The lowest BCUT2D eigenvalue weighted by Gasteiger charge is -2.37. The molecule has 7 heteroatoms. The van der Waals surface area contributed by atoms with E-state index >= 15 is 0 Å². The summed E-state index contributed by atoms with van der Waals surface area (Å²) in [5, 5.41) is 3.33. The van der Waals surface area contributed by atoms with Crippen LogP contribution in [0.3, 0.4) is 0 Å². The van der Waals surface area contributed by atoms with Gasteiger partial charge in [0.1, 0.15) is 23.6 Å². The van der Waals surface area contributed by atoms with E-state index in [0.29, 0.717) is 13.1 Å². The van der Waals surface area contributed by atoms with Gasteiger partial charge in [-0.3, -0.25) is 0 Å². The number of aromatic nitrogens is 2. The Morgan fingerprint density at radius 3 is 2.65 bits per heavy atom. The molecule has 1 amide bonds. The van der Waals surface area contributed by atoms with E-state index in [2.05, 4.69) is 20.2 Å². The van der Waals surface area contributed by atoms with Crippen LogP contribution in [0.1, 0.15) is 32.8 Å². The molecule has 3 heterocycles. The molecule has 0 spiro atoms. The Labute approximate surface area is 137 Å². The number of rotatable bonds is 1. The number of ether oxygens (including phenoxy) is 1. The number of hydrogen-bond donors (Lipinski definition) is 1. The lowest BCUT2D eigenvalue weighted by molar-refractivity contribution is 0.0240. The summed E-state index contributed by atoms with van der Waals surface area (Å²) in [6, 6.07) is 0. The fraction of sp³-hybridized carbons (Fsp3) is 0.688. The van der Waals surface area contributed by atoms with Crippen molar-refractivity contribution >= 4 is 17.7 Å². The zero-order valence-electron chi connectivity index (χ0n) is 14.1. The van der Waals surface area contributed by atoms with E-state index in [-0.39, 0.29) is 6.09 Å². The van der Waals surface area contributed by atoms with E-state index in [1.54, 1.807) is 11.2 Å².